The van der Waals surface area contributed by atoms with Crippen LogP contribution in [0.2, 0.25) is 0 Å². The number of guanidine groups is 1. The Balaban J connectivity index is 1.91. The number of aliphatic imine (C=N–C) groups is 1. The second-order valence-corrected chi connectivity index (χ2v) is 5.93. The second kappa shape index (κ2) is 8.41. The molecule has 0 aliphatic carbocycles. The Bertz CT molecular complexity index is 534. The average Bonchev–Trinajstić information content (AvgIpc) is 2.54. The molecule has 0 aromatic heterocycles. The Kier molecular flexibility index (Phi) is 6.26. The number of benzene rings is 1. The van der Waals surface area contributed by atoms with Gasteiger partial charge in [-0.2, -0.15) is 0 Å². The zero-order chi connectivity index (χ0) is 16.7. The minimum absolute atomic E-state index is 0.0786. The number of nitrogens with one attached hydrogen (secondary N) is 2. The maximum atomic E-state index is 12.0. The van der Waals surface area contributed by atoms with Gasteiger partial charge in [0.15, 0.2) is 5.96 Å². The highest BCUT2D eigenvalue weighted by Crippen LogP contribution is 2.16. The smallest absolute Gasteiger partial charge is 0.246 e. The molecule has 0 bridgehead atoms. The lowest BCUT2D eigenvalue weighted by Gasteiger charge is -2.32. The summed E-state index contributed by atoms with van der Waals surface area (Å²) in [5.74, 6) is 1.57. The van der Waals surface area contributed by atoms with Crippen molar-refractivity contribution in [1.82, 2.24) is 10.2 Å². The van der Waals surface area contributed by atoms with E-state index in [0.717, 1.165) is 44.4 Å². The quantitative estimate of drug-likeness (QED) is 0.451. The van der Waals surface area contributed by atoms with Crippen LogP contribution in [0.15, 0.2) is 29.3 Å². The molecule has 0 saturated carbocycles. The zero-order valence-corrected chi connectivity index (χ0v) is 13.9. The molecule has 1 saturated heterocycles. The van der Waals surface area contributed by atoms with Gasteiger partial charge in [-0.15, -0.1) is 0 Å². The van der Waals surface area contributed by atoms with E-state index in [1.54, 1.807) is 12.1 Å². The van der Waals surface area contributed by atoms with Gasteiger partial charge in [-0.1, -0.05) is 6.92 Å². The van der Waals surface area contributed by atoms with Gasteiger partial charge >= 0.3 is 0 Å². The van der Waals surface area contributed by atoms with Crippen LogP contribution in [0.3, 0.4) is 0 Å². The van der Waals surface area contributed by atoms with Crippen LogP contribution in [0.25, 0.3) is 0 Å². The van der Waals surface area contributed by atoms with Gasteiger partial charge in [0, 0.05) is 25.3 Å². The van der Waals surface area contributed by atoms with Gasteiger partial charge in [-0.05, 0) is 49.9 Å². The van der Waals surface area contributed by atoms with Gasteiger partial charge in [-0.25, -0.2) is 4.99 Å². The van der Waals surface area contributed by atoms with Crippen molar-refractivity contribution in [3.8, 4) is 5.75 Å². The molecular weight excluding hydrogens is 292 g/mol. The fraction of sp³-hybridized carbons (Fsp3) is 0.529. The van der Waals surface area contributed by atoms with Crippen molar-refractivity contribution in [2.75, 3.05) is 31.5 Å². The fourth-order valence-corrected chi connectivity index (χ4v) is 2.54. The standard InChI is InChI=1S/C17H26N4O2/c1-3-18-17(21-10-8-13(2)9-11-21)19-12-16(23)20-14-4-6-15(22)7-5-14/h4-7,13,22H,3,8-12H2,1-2H3,(H,18,19)(H,20,23). The van der Waals surface area contributed by atoms with Crippen LogP contribution >= 0.6 is 0 Å². The Morgan fingerprint density at radius 1 is 1.30 bits per heavy atom. The van der Waals surface area contributed by atoms with Crippen molar-refractivity contribution >= 4 is 17.6 Å². The van der Waals surface area contributed by atoms with Gasteiger partial charge in [0.25, 0.3) is 0 Å². The SMILES string of the molecule is CCNC(=NCC(=O)Nc1ccc(O)cc1)N1CCC(C)CC1. The largest absolute Gasteiger partial charge is 0.508 e. The fourth-order valence-electron chi connectivity index (χ4n) is 2.54. The number of phenolic OH excluding ortho intramolecular Hbond substituents is 1. The minimum Gasteiger partial charge on any atom is -0.508 e. The molecule has 0 spiro atoms. The maximum Gasteiger partial charge on any atom is 0.246 e. The van der Waals surface area contributed by atoms with Crippen LogP contribution < -0.4 is 10.6 Å². The van der Waals surface area contributed by atoms with Crippen LogP contribution in [0.5, 0.6) is 5.75 Å². The Morgan fingerprint density at radius 3 is 2.57 bits per heavy atom. The first-order valence-corrected chi connectivity index (χ1v) is 8.20. The van der Waals surface area contributed by atoms with Gasteiger partial charge in [0.05, 0.1) is 0 Å². The number of phenols is 1. The third-order valence-electron chi connectivity index (χ3n) is 3.94. The van der Waals surface area contributed by atoms with Gasteiger partial charge in [0.1, 0.15) is 12.3 Å². The molecule has 0 atom stereocenters. The molecule has 1 aromatic rings. The summed E-state index contributed by atoms with van der Waals surface area (Å²) in [6.45, 7) is 7.12. The summed E-state index contributed by atoms with van der Waals surface area (Å²) in [5, 5.41) is 15.3. The lowest BCUT2D eigenvalue weighted by atomic mass is 10.00. The maximum absolute atomic E-state index is 12.0. The highest BCUT2D eigenvalue weighted by atomic mass is 16.3. The number of nitrogens with zero attached hydrogens (tertiary/aromatic N) is 2. The van der Waals surface area contributed by atoms with E-state index in [4.69, 9.17) is 0 Å². The van der Waals surface area contributed by atoms with E-state index in [1.807, 2.05) is 6.92 Å². The van der Waals surface area contributed by atoms with Crippen molar-refractivity contribution in [2.45, 2.75) is 26.7 Å². The number of carbonyl (C=O) groups excluding carboxylic acids is 1. The summed E-state index contributed by atoms with van der Waals surface area (Å²) in [4.78, 5) is 18.7. The van der Waals surface area contributed by atoms with Crippen LogP contribution in [0.1, 0.15) is 26.7 Å². The molecule has 6 heteroatoms. The molecule has 1 aliphatic rings. The van der Waals surface area contributed by atoms with Gasteiger partial charge in [0.2, 0.25) is 5.91 Å². The van der Waals surface area contributed by atoms with Crippen LogP contribution in [0, 0.1) is 5.92 Å². The summed E-state index contributed by atoms with van der Waals surface area (Å²) in [5.41, 5.74) is 0.653. The number of likely N-dealkylation sites (tertiary alicyclic amines) is 1. The van der Waals surface area contributed by atoms with E-state index in [-0.39, 0.29) is 18.2 Å². The molecule has 6 nitrogen and oxygen atoms in total. The number of rotatable bonds is 4. The van der Waals surface area contributed by atoms with E-state index in [9.17, 15) is 9.90 Å². The van der Waals surface area contributed by atoms with Crippen molar-refractivity contribution in [3.05, 3.63) is 24.3 Å². The number of anilines is 1. The van der Waals surface area contributed by atoms with Crippen LogP contribution in [-0.4, -0.2) is 48.1 Å². The monoisotopic (exact) mass is 318 g/mol. The number of hydrogen-bond donors (Lipinski definition) is 3. The molecule has 3 N–H and O–H groups in total. The zero-order valence-electron chi connectivity index (χ0n) is 13.9. The first-order valence-electron chi connectivity index (χ1n) is 8.20. The number of hydrogen-bond acceptors (Lipinski definition) is 3. The van der Waals surface area contributed by atoms with Gasteiger partial charge in [-0.3, -0.25) is 4.79 Å². The van der Waals surface area contributed by atoms with Crippen molar-refractivity contribution in [2.24, 2.45) is 10.9 Å². The predicted molar refractivity (Wildman–Crippen MR) is 92.7 cm³/mol. The Hall–Kier alpha value is -2.24. The van der Waals surface area contributed by atoms with E-state index < -0.39 is 0 Å². The van der Waals surface area contributed by atoms with Crippen molar-refractivity contribution in [3.63, 3.8) is 0 Å². The van der Waals surface area contributed by atoms with Gasteiger partial charge < -0.3 is 20.6 Å². The van der Waals surface area contributed by atoms with E-state index >= 15 is 0 Å². The van der Waals surface area contributed by atoms with E-state index in [1.165, 1.54) is 12.1 Å². The summed E-state index contributed by atoms with van der Waals surface area (Å²) >= 11 is 0. The highest BCUT2D eigenvalue weighted by Gasteiger charge is 2.18. The minimum atomic E-state index is -0.170. The summed E-state index contributed by atoms with van der Waals surface area (Å²) in [6.07, 6.45) is 2.31. The molecule has 0 unspecified atom stereocenters. The number of carbonyl (C=O) groups is 1. The van der Waals surface area contributed by atoms with Crippen molar-refractivity contribution < 1.29 is 9.90 Å². The average molecular weight is 318 g/mol. The molecule has 1 heterocycles. The molecular formula is C17H26N4O2. The molecule has 1 aromatic carbocycles. The molecule has 0 radical (unpaired) electrons. The summed E-state index contributed by atoms with van der Waals surface area (Å²) in [6, 6.07) is 6.40. The molecule has 126 valence electrons. The van der Waals surface area contributed by atoms with Crippen molar-refractivity contribution in [1.29, 1.82) is 0 Å². The normalized spacial score (nSPS) is 16.3. The summed E-state index contributed by atoms with van der Waals surface area (Å²) < 4.78 is 0. The second-order valence-electron chi connectivity index (χ2n) is 5.93. The number of amides is 1. The van der Waals surface area contributed by atoms with E-state index in [0.29, 0.717) is 5.69 Å². The Labute approximate surface area is 137 Å². The number of piperidine rings is 1. The Morgan fingerprint density at radius 2 is 1.96 bits per heavy atom. The third-order valence-corrected chi connectivity index (χ3v) is 3.94. The van der Waals surface area contributed by atoms with Crippen LogP contribution in [-0.2, 0) is 4.79 Å². The predicted octanol–water partition coefficient (Wildman–Crippen LogP) is 2.03. The van der Waals surface area contributed by atoms with Crippen LogP contribution in [0.4, 0.5) is 5.69 Å². The lowest BCUT2D eigenvalue weighted by molar-refractivity contribution is -0.114. The lowest BCUT2D eigenvalue weighted by Crippen LogP contribution is -2.45. The molecule has 2 rings (SSSR count). The molecule has 23 heavy (non-hydrogen) atoms. The highest BCUT2D eigenvalue weighted by molar-refractivity contribution is 5.94. The topological polar surface area (TPSA) is 77.0 Å². The molecule has 1 aliphatic heterocycles. The first kappa shape index (κ1) is 17.1. The molecule has 1 amide bonds. The first-order chi connectivity index (χ1) is 11.1. The number of aromatic hydroxyl groups is 1. The van der Waals surface area contributed by atoms with E-state index in [2.05, 4.69) is 27.4 Å². The third kappa shape index (κ3) is 5.47. The molecule has 1 fully saturated rings. The summed E-state index contributed by atoms with van der Waals surface area (Å²) in [7, 11) is 0.